The van der Waals surface area contributed by atoms with Crippen molar-refractivity contribution in [2.45, 2.75) is 26.0 Å². The van der Waals surface area contributed by atoms with Gasteiger partial charge in [-0.1, -0.05) is 11.6 Å². The zero-order valence-electron chi connectivity index (χ0n) is 12.0. The van der Waals surface area contributed by atoms with Crippen LogP contribution >= 0.6 is 11.6 Å². The summed E-state index contributed by atoms with van der Waals surface area (Å²) in [5.41, 5.74) is 0.901. The fraction of sp³-hybridized carbons (Fsp3) is 0.533. The Morgan fingerprint density at radius 1 is 1.57 bits per heavy atom. The lowest BCUT2D eigenvalue weighted by Crippen LogP contribution is -2.30. The Bertz CT molecular complexity index is 495. The molecule has 1 aromatic carbocycles. The van der Waals surface area contributed by atoms with E-state index in [0.717, 1.165) is 31.7 Å². The average Bonchev–Trinajstić information content (AvgIpc) is 2.62. The number of hydrogen-bond acceptors (Lipinski definition) is 4. The number of benzene rings is 1. The molecule has 1 unspecified atom stereocenters. The van der Waals surface area contributed by atoms with Crippen molar-refractivity contribution >= 4 is 17.6 Å². The van der Waals surface area contributed by atoms with E-state index in [1.165, 1.54) is 0 Å². The second kappa shape index (κ2) is 7.64. The monoisotopic (exact) mass is 313 g/mol. The molecule has 0 spiro atoms. The van der Waals surface area contributed by atoms with Crippen LogP contribution in [0.15, 0.2) is 18.2 Å². The number of hydrogen-bond donors (Lipinski definition) is 1. The highest BCUT2D eigenvalue weighted by molar-refractivity contribution is 6.30. The highest BCUT2D eigenvalue weighted by Crippen LogP contribution is 2.25. The van der Waals surface area contributed by atoms with Gasteiger partial charge < -0.3 is 14.6 Å². The largest absolute Gasteiger partial charge is 0.482 e. The van der Waals surface area contributed by atoms with Gasteiger partial charge in [-0.05, 0) is 31.5 Å². The molecule has 21 heavy (non-hydrogen) atoms. The van der Waals surface area contributed by atoms with Gasteiger partial charge >= 0.3 is 5.97 Å². The summed E-state index contributed by atoms with van der Waals surface area (Å²) in [4.78, 5) is 12.9. The minimum atomic E-state index is -0.993. The second-order valence-electron chi connectivity index (χ2n) is 5.20. The van der Waals surface area contributed by atoms with Crippen LogP contribution in [0, 0.1) is 0 Å². The molecule has 1 saturated heterocycles. The Morgan fingerprint density at radius 3 is 3.14 bits per heavy atom. The molecule has 0 aliphatic carbocycles. The number of carboxylic acid groups (broad SMARTS) is 1. The van der Waals surface area contributed by atoms with E-state index in [0.29, 0.717) is 17.3 Å². The van der Waals surface area contributed by atoms with Crippen LogP contribution in [0.1, 0.15) is 18.9 Å². The molecule has 116 valence electrons. The number of carboxylic acids is 1. The van der Waals surface area contributed by atoms with E-state index in [1.54, 1.807) is 12.1 Å². The topological polar surface area (TPSA) is 59.0 Å². The lowest BCUT2D eigenvalue weighted by molar-refractivity contribution is -0.139. The minimum Gasteiger partial charge on any atom is -0.482 e. The molecule has 0 bridgehead atoms. The highest BCUT2D eigenvalue weighted by Gasteiger charge is 2.17. The second-order valence-corrected chi connectivity index (χ2v) is 5.64. The highest BCUT2D eigenvalue weighted by atomic mass is 35.5. The molecule has 1 aliphatic heterocycles. The van der Waals surface area contributed by atoms with Crippen LogP contribution in [0.5, 0.6) is 5.75 Å². The third-order valence-corrected chi connectivity index (χ3v) is 3.54. The molecule has 0 saturated carbocycles. The van der Waals surface area contributed by atoms with Crippen LogP contribution in [-0.2, 0) is 16.1 Å². The zero-order chi connectivity index (χ0) is 15.2. The molecule has 1 aromatic rings. The first-order chi connectivity index (χ1) is 10.0. The quantitative estimate of drug-likeness (QED) is 0.904. The molecular weight excluding hydrogens is 294 g/mol. The van der Waals surface area contributed by atoms with Gasteiger partial charge in [-0.25, -0.2) is 4.79 Å². The van der Waals surface area contributed by atoms with Crippen molar-refractivity contribution in [3.8, 4) is 5.75 Å². The predicted molar refractivity (Wildman–Crippen MR) is 79.9 cm³/mol. The van der Waals surface area contributed by atoms with Crippen molar-refractivity contribution in [3.63, 3.8) is 0 Å². The summed E-state index contributed by atoms with van der Waals surface area (Å²) < 4.78 is 11.0. The number of halogens is 1. The van der Waals surface area contributed by atoms with E-state index >= 15 is 0 Å². The summed E-state index contributed by atoms with van der Waals surface area (Å²) in [6.07, 6.45) is 1.17. The van der Waals surface area contributed by atoms with Crippen LogP contribution in [0.4, 0.5) is 0 Å². The number of ether oxygens (including phenoxy) is 2. The first-order valence-corrected chi connectivity index (χ1v) is 7.39. The molecule has 0 aromatic heterocycles. The van der Waals surface area contributed by atoms with Crippen LogP contribution < -0.4 is 4.74 Å². The molecule has 5 nitrogen and oxygen atoms in total. The molecule has 1 heterocycles. The van der Waals surface area contributed by atoms with Gasteiger partial charge in [0.2, 0.25) is 0 Å². The van der Waals surface area contributed by atoms with Crippen LogP contribution in [-0.4, -0.2) is 48.4 Å². The molecular formula is C15H20ClNO4. The maximum atomic E-state index is 10.7. The Labute approximate surface area is 129 Å². The zero-order valence-corrected chi connectivity index (χ0v) is 12.8. The van der Waals surface area contributed by atoms with E-state index in [-0.39, 0.29) is 12.7 Å². The summed E-state index contributed by atoms with van der Waals surface area (Å²) in [5, 5.41) is 9.35. The Hall–Kier alpha value is -1.30. The van der Waals surface area contributed by atoms with Gasteiger partial charge in [0.1, 0.15) is 5.75 Å². The third kappa shape index (κ3) is 5.19. The average molecular weight is 314 g/mol. The fourth-order valence-electron chi connectivity index (χ4n) is 2.42. The summed E-state index contributed by atoms with van der Waals surface area (Å²) >= 11 is 6.04. The number of aliphatic carboxylic acids is 1. The Morgan fingerprint density at radius 2 is 2.38 bits per heavy atom. The number of carbonyl (C=O) groups is 1. The maximum absolute atomic E-state index is 10.7. The number of rotatable bonds is 5. The van der Waals surface area contributed by atoms with E-state index in [4.69, 9.17) is 26.2 Å². The van der Waals surface area contributed by atoms with Crippen LogP contribution in [0.25, 0.3) is 0 Å². The van der Waals surface area contributed by atoms with Gasteiger partial charge in [-0.15, -0.1) is 0 Å². The lowest BCUT2D eigenvalue weighted by Gasteiger charge is -2.23. The van der Waals surface area contributed by atoms with E-state index in [9.17, 15) is 4.79 Å². The maximum Gasteiger partial charge on any atom is 0.341 e. The van der Waals surface area contributed by atoms with E-state index in [1.807, 2.05) is 6.07 Å². The number of nitrogens with zero attached hydrogens (tertiary/aromatic N) is 1. The van der Waals surface area contributed by atoms with E-state index < -0.39 is 5.97 Å². The summed E-state index contributed by atoms with van der Waals surface area (Å²) in [6, 6.07) is 5.25. The molecule has 0 amide bonds. The van der Waals surface area contributed by atoms with Gasteiger partial charge in [-0.3, -0.25) is 4.90 Å². The molecule has 1 aliphatic rings. The first kappa shape index (κ1) is 16.1. The minimum absolute atomic E-state index is 0.190. The Balaban J connectivity index is 2.09. The molecule has 2 rings (SSSR count). The molecule has 1 atom stereocenters. The van der Waals surface area contributed by atoms with Gasteiger partial charge in [0.05, 0.1) is 6.10 Å². The fourth-order valence-corrected chi connectivity index (χ4v) is 2.61. The SMILES string of the molecule is CC1CN(Cc2cc(Cl)ccc2OCC(=O)O)CCCO1. The predicted octanol–water partition coefficient (Wildman–Crippen LogP) is 2.41. The van der Waals surface area contributed by atoms with Crippen molar-refractivity contribution in [1.82, 2.24) is 4.90 Å². The van der Waals surface area contributed by atoms with Crippen molar-refractivity contribution in [1.29, 1.82) is 0 Å². The molecule has 1 N–H and O–H groups in total. The first-order valence-electron chi connectivity index (χ1n) is 7.01. The molecule has 1 fully saturated rings. The summed E-state index contributed by atoms with van der Waals surface area (Å²) in [6.45, 7) is 4.92. The van der Waals surface area contributed by atoms with Crippen LogP contribution in [0.2, 0.25) is 5.02 Å². The third-order valence-electron chi connectivity index (χ3n) is 3.30. The summed E-state index contributed by atoms with van der Waals surface area (Å²) in [5.74, 6) is -0.424. The van der Waals surface area contributed by atoms with Crippen molar-refractivity contribution in [2.24, 2.45) is 0 Å². The van der Waals surface area contributed by atoms with E-state index in [2.05, 4.69) is 11.8 Å². The van der Waals surface area contributed by atoms with Gasteiger partial charge in [0, 0.05) is 36.8 Å². The van der Waals surface area contributed by atoms with Gasteiger partial charge in [0.15, 0.2) is 6.61 Å². The molecule has 6 heteroatoms. The van der Waals surface area contributed by atoms with Crippen molar-refractivity contribution in [2.75, 3.05) is 26.3 Å². The van der Waals surface area contributed by atoms with Gasteiger partial charge in [-0.2, -0.15) is 0 Å². The standard InChI is InChI=1S/C15H20ClNO4/c1-11-8-17(5-2-6-20-11)9-12-7-13(16)3-4-14(12)21-10-15(18)19/h3-4,7,11H,2,5-6,8-10H2,1H3,(H,18,19). The van der Waals surface area contributed by atoms with Crippen molar-refractivity contribution < 1.29 is 19.4 Å². The van der Waals surface area contributed by atoms with Crippen LogP contribution in [0.3, 0.4) is 0 Å². The van der Waals surface area contributed by atoms with Gasteiger partial charge in [0.25, 0.3) is 0 Å². The normalized spacial score (nSPS) is 20.0. The molecule has 0 radical (unpaired) electrons. The summed E-state index contributed by atoms with van der Waals surface area (Å²) in [7, 11) is 0. The lowest BCUT2D eigenvalue weighted by atomic mass is 10.1. The smallest absolute Gasteiger partial charge is 0.341 e. The Kier molecular flexibility index (Phi) is 5.85. The van der Waals surface area contributed by atoms with Crippen molar-refractivity contribution in [3.05, 3.63) is 28.8 Å².